The van der Waals surface area contributed by atoms with E-state index in [1.54, 1.807) is 0 Å². The van der Waals surface area contributed by atoms with Crippen molar-refractivity contribution in [3.63, 3.8) is 0 Å². The summed E-state index contributed by atoms with van der Waals surface area (Å²) >= 11 is 0. The van der Waals surface area contributed by atoms with Gasteiger partial charge in [0.25, 0.3) is 0 Å². The van der Waals surface area contributed by atoms with E-state index in [2.05, 4.69) is 32.6 Å². The molecule has 3 aliphatic heterocycles. The molecule has 0 amide bonds. The minimum atomic E-state index is -0.322. The molecule has 4 nitrogen and oxygen atoms in total. The number of nitrogens with zero attached hydrogens (tertiary/aromatic N) is 1. The Labute approximate surface area is 158 Å². The number of esters is 1. The number of carbonyl (C=O) groups excluding carboxylic acids is 1. The van der Waals surface area contributed by atoms with Gasteiger partial charge in [-0.15, -0.1) is 0 Å². The number of epoxide rings is 1. The van der Waals surface area contributed by atoms with Crippen molar-refractivity contribution in [2.24, 2.45) is 29.1 Å². The lowest BCUT2D eigenvalue weighted by Gasteiger charge is -2.50. The number of rotatable bonds is 2. The second-order valence-corrected chi connectivity index (χ2v) is 11.0. The molecule has 2 saturated carbocycles. The van der Waals surface area contributed by atoms with Gasteiger partial charge in [0.2, 0.25) is 0 Å². The number of likely N-dealkylation sites (tertiary alicyclic amines) is 1. The Hall–Kier alpha value is -0.610. The molecule has 1 unspecified atom stereocenters. The summed E-state index contributed by atoms with van der Waals surface area (Å²) in [6, 6.07) is 0. The van der Waals surface area contributed by atoms with Gasteiger partial charge in [0.1, 0.15) is 11.7 Å². The minimum absolute atomic E-state index is 0.0336. The van der Waals surface area contributed by atoms with E-state index in [-0.39, 0.29) is 29.2 Å². The van der Waals surface area contributed by atoms with Gasteiger partial charge >= 0.3 is 5.97 Å². The highest BCUT2D eigenvalue weighted by atomic mass is 16.7. The highest BCUT2D eigenvalue weighted by Gasteiger charge is 2.77. The maximum Gasteiger partial charge on any atom is 0.311 e. The van der Waals surface area contributed by atoms with E-state index in [1.165, 1.54) is 19.3 Å². The number of hydrogen-bond donors (Lipinski definition) is 0. The predicted molar refractivity (Wildman–Crippen MR) is 99.7 cm³/mol. The molecule has 4 heteroatoms. The third-order valence-electron chi connectivity index (χ3n) is 8.53. The summed E-state index contributed by atoms with van der Waals surface area (Å²) in [4.78, 5) is 15.6. The van der Waals surface area contributed by atoms with Crippen LogP contribution in [0.15, 0.2) is 0 Å². The lowest BCUT2D eigenvalue weighted by molar-refractivity contribution is -0.168. The molecule has 0 aromatic heterocycles. The minimum Gasteiger partial charge on any atom is -0.455 e. The standard InChI is InChI=1S/C22H35NO3/c1-14-6-7-17-15(12-23-11-5-9-20(2,3)13-23)18(24)25-22(17)16(14)8-10-21(4)19(22)26-21/h14-17,19H,5-13H2,1-4H3/t14-,15?,16+,17+,19-,21-,22-/m1/s1. The van der Waals surface area contributed by atoms with E-state index in [9.17, 15) is 4.79 Å². The van der Waals surface area contributed by atoms with Crippen molar-refractivity contribution < 1.29 is 14.3 Å². The maximum atomic E-state index is 13.1. The van der Waals surface area contributed by atoms with Gasteiger partial charge in [-0.2, -0.15) is 0 Å². The molecule has 5 fully saturated rings. The molecule has 0 aromatic carbocycles. The molecule has 2 aliphatic carbocycles. The first kappa shape index (κ1) is 17.5. The van der Waals surface area contributed by atoms with E-state index in [4.69, 9.17) is 9.47 Å². The van der Waals surface area contributed by atoms with Crippen LogP contribution in [-0.2, 0) is 14.3 Å². The SMILES string of the molecule is C[C@@H]1CC[C@H]2C(CN3CCCC(C)(C)C3)C(=O)O[C@]23[C@H]1CC[C@@]1(C)O[C@@H]31. The van der Waals surface area contributed by atoms with Crippen molar-refractivity contribution in [3.05, 3.63) is 0 Å². The Morgan fingerprint density at radius 1 is 1.12 bits per heavy atom. The second kappa shape index (κ2) is 5.47. The zero-order valence-corrected chi connectivity index (χ0v) is 16.9. The van der Waals surface area contributed by atoms with Crippen molar-refractivity contribution in [2.45, 2.75) is 83.5 Å². The molecule has 5 aliphatic rings. The highest BCUT2D eigenvalue weighted by Crippen LogP contribution is 2.66. The molecule has 3 saturated heterocycles. The van der Waals surface area contributed by atoms with Crippen molar-refractivity contribution >= 4 is 5.97 Å². The molecular formula is C22H35NO3. The number of carbonyl (C=O) groups is 1. The van der Waals surface area contributed by atoms with E-state index in [0.717, 1.165) is 38.9 Å². The van der Waals surface area contributed by atoms with Crippen LogP contribution in [0.5, 0.6) is 0 Å². The zero-order chi connectivity index (χ0) is 18.3. The van der Waals surface area contributed by atoms with E-state index >= 15 is 0 Å². The van der Waals surface area contributed by atoms with Crippen LogP contribution in [0.3, 0.4) is 0 Å². The molecule has 146 valence electrons. The van der Waals surface area contributed by atoms with Crippen LogP contribution >= 0.6 is 0 Å². The lowest BCUT2D eigenvalue weighted by atomic mass is 9.55. The van der Waals surface area contributed by atoms with Crippen LogP contribution in [0.1, 0.15) is 66.2 Å². The van der Waals surface area contributed by atoms with Crippen molar-refractivity contribution in [1.29, 1.82) is 0 Å². The van der Waals surface area contributed by atoms with Crippen LogP contribution in [0.4, 0.5) is 0 Å². The molecule has 5 rings (SSSR count). The number of fused-ring (bicyclic) bond motifs is 1. The van der Waals surface area contributed by atoms with Crippen LogP contribution in [0, 0.1) is 29.1 Å². The molecule has 1 spiro atoms. The van der Waals surface area contributed by atoms with Gasteiger partial charge in [-0.1, -0.05) is 20.8 Å². The van der Waals surface area contributed by atoms with Gasteiger partial charge in [0.05, 0.1) is 11.5 Å². The number of hydrogen-bond acceptors (Lipinski definition) is 4. The van der Waals surface area contributed by atoms with Crippen LogP contribution in [-0.4, -0.2) is 47.8 Å². The Kier molecular flexibility index (Phi) is 3.68. The summed E-state index contributed by atoms with van der Waals surface area (Å²) < 4.78 is 12.6. The topological polar surface area (TPSA) is 42.1 Å². The third kappa shape index (κ3) is 2.37. The summed E-state index contributed by atoms with van der Waals surface area (Å²) in [6.07, 6.45) is 7.33. The molecule has 26 heavy (non-hydrogen) atoms. The van der Waals surface area contributed by atoms with Gasteiger partial charge < -0.3 is 14.4 Å². The largest absolute Gasteiger partial charge is 0.455 e. The number of piperidine rings is 1. The van der Waals surface area contributed by atoms with E-state index in [1.807, 2.05) is 0 Å². The van der Waals surface area contributed by atoms with Gasteiger partial charge in [0, 0.05) is 24.9 Å². The molecule has 3 heterocycles. The Balaban J connectivity index is 1.42. The fourth-order valence-electron chi connectivity index (χ4n) is 7.24. The normalized spacial score (nSPS) is 52.6. The molecule has 0 aromatic rings. The van der Waals surface area contributed by atoms with Crippen LogP contribution < -0.4 is 0 Å². The second-order valence-electron chi connectivity index (χ2n) is 11.0. The molecule has 7 atom stereocenters. The summed E-state index contributed by atoms with van der Waals surface area (Å²) in [5.74, 6) is 1.60. The van der Waals surface area contributed by atoms with Gasteiger partial charge in [-0.25, -0.2) is 0 Å². The van der Waals surface area contributed by atoms with Gasteiger partial charge in [-0.05, 0) is 63.3 Å². The first-order valence-corrected chi connectivity index (χ1v) is 10.9. The highest BCUT2D eigenvalue weighted by molar-refractivity contribution is 5.77. The zero-order valence-electron chi connectivity index (χ0n) is 16.9. The summed E-state index contributed by atoms with van der Waals surface area (Å²) in [6.45, 7) is 12.4. The fourth-order valence-corrected chi connectivity index (χ4v) is 7.24. The Morgan fingerprint density at radius 2 is 1.92 bits per heavy atom. The van der Waals surface area contributed by atoms with Crippen molar-refractivity contribution in [2.75, 3.05) is 19.6 Å². The van der Waals surface area contributed by atoms with E-state index in [0.29, 0.717) is 23.2 Å². The average molecular weight is 362 g/mol. The molecule has 0 bridgehead atoms. The van der Waals surface area contributed by atoms with Gasteiger partial charge in [0.15, 0.2) is 0 Å². The summed E-state index contributed by atoms with van der Waals surface area (Å²) in [5.41, 5.74) is 0.0108. The molecule has 0 radical (unpaired) electrons. The first-order valence-electron chi connectivity index (χ1n) is 10.9. The quantitative estimate of drug-likeness (QED) is 0.556. The van der Waals surface area contributed by atoms with Crippen molar-refractivity contribution in [1.82, 2.24) is 4.90 Å². The monoisotopic (exact) mass is 361 g/mol. The summed E-state index contributed by atoms with van der Waals surface area (Å²) in [5, 5.41) is 0. The Bertz CT molecular complexity index is 619. The summed E-state index contributed by atoms with van der Waals surface area (Å²) in [7, 11) is 0. The fraction of sp³-hybridized carbons (Fsp3) is 0.955. The van der Waals surface area contributed by atoms with Crippen LogP contribution in [0.25, 0.3) is 0 Å². The molecule has 0 N–H and O–H groups in total. The lowest BCUT2D eigenvalue weighted by Crippen LogP contribution is -2.58. The molecular weight excluding hydrogens is 326 g/mol. The number of ether oxygens (including phenoxy) is 2. The smallest absolute Gasteiger partial charge is 0.311 e. The van der Waals surface area contributed by atoms with Crippen molar-refractivity contribution in [3.8, 4) is 0 Å². The van der Waals surface area contributed by atoms with Gasteiger partial charge in [-0.3, -0.25) is 4.79 Å². The third-order valence-corrected chi connectivity index (χ3v) is 8.53. The maximum absolute atomic E-state index is 13.1. The Morgan fingerprint density at radius 3 is 2.69 bits per heavy atom. The van der Waals surface area contributed by atoms with E-state index < -0.39 is 0 Å². The average Bonchev–Trinajstić information content (AvgIpc) is 3.18. The first-order chi connectivity index (χ1) is 12.3. The predicted octanol–water partition coefficient (Wildman–Crippen LogP) is 3.63. The van der Waals surface area contributed by atoms with Crippen LogP contribution in [0.2, 0.25) is 0 Å².